The van der Waals surface area contributed by atoms with Crippen molar-refractivity contribution in [3.8, 4) is 28.8 Å². The Bertz CT molecular complexity index is 877. The summed E-state index contributed by atoms with van der Waals surface area (Å²) in [5, 5.41) is 14.5. The smallest absolute Gasteiger partial charge is 0.145 e. The Labute approximate surface area is 138 Å². The van der Waals surface area contributed by atoms with Gasteiger partial charge in [-0.15, -0.1) is 0 Å². The molecule has 5 nitrogen and oxygen atoms in total. The highest BCUT2D eigenvalue weighted by molar-refractivity contribution is 6.30. The van der Waals surface area contributed by atoms with Gasteiger partial charge in [0.2, 0.25) is 0 Å². The summed E-state index contributed by atoms with van der Waals surface area (Å²) in [4.78, 5) is 0. The largest absolute Gasteiger partial charge is 0.497 e. The Morgan fingerprint density at radius 1 is 1.13 bits per heavy atom. The van der Waals surface area contributed by atoms with Crippen molar-refractivity contribution in [1.29, 1.82) is 5.26 Å². The Morgan fingerprint density at radius 3 is 2.35 bits per heavy atom. The van der Waals surface area contributed by atoms with Gasteiger partial charge < -0.3 is 10.5 Å². The van der Waals surface area contributed by atoms with Crippen molar-refractivity contribution in [2.75, 3.05) is 12.8 Å². The molecule has 0 aliphatic heterocycles. The fraction of sp³-hybridized carbons (Fsp3) is 0.0588. The third-order valence-electron chi connectivity index (χ3n) is 3.47. The van der Waals surface area contributed by atoms with E-state index in [-0.39, 0.29) is 0 Å². The zero-order chi connectivity index (χ0) is 16.4. The Morgan fingerprint density at radius 2 is 1.78 bits per heavy atom. The highest BCUT2D eigenvalue weighted by atomic mass is 35.5. The number of benzene rings is 2. The van der Waals surface area contributed by atoms with Crippen LogP contribution in [-0.2, 0) is 0 Å². The van der Waals surface area contributed by atoms with Crippen LogP contribution in [0.3, 0.4) is 0 Å². The first kappa shape index (κ1) is 14.9. The number of anilines is 1. The SMILES string of the molecule is COc1ccc(-n2nc(-c3ccc(Cl)cc3)c(C#N)c2N)cc1. The van der Waals surface area contributed by atoms with E-state index in [1.165, 1.54) is 0 Å². The summed E-state index contributed by atoms with van der Waals surface area (Å²) >= 11 is 5.91. The van der Waals surface area contributed by atoms with E-state index in [9.17, 15) is 5.26 Å². The van der Waals surface area contributed by atoms with Gasteiger partial charge in [0.25, 0.3) is 0 Å². The molecule has 2 N–H and O–H groups in total. The second kappa shape index (κ2) is 6.03. The molecule has 1 heterocycles. The fourth-order valence-corrected chi connectivity index (χ4v) is 2.40. The van der Waals surface area contributed by atoms with E-state index in [2.05, 4.69) is 11.2 Å². The van der Waals surface area contributed by atoms with Crippen molar-refractivity contribution in [3.63, 3.8) is 0 Å². The Hall–Kier alpha value is -2.97. The number of hydrogen-bond acceptors (Lipinski definition) is 4. The average molecular weight is 325 g/mol. The molecule has 23 heavy (non-hydrogen) atoms. The molecule has 2 aromatic carbocycles. The van der Waals surface area contributed by atoms with Crippen LogP contribution in [0.4, 0.5) is 5.82 Å². The molecule has 0 atom stereocenters. The van der Waals surface area contributed by atoms with Crippen LogP contribution in [0.15, 0.2) is 48.5 Å². The fourth-order valence-electron chi connectivity index (χ4n) is 2.27. The van der Waals surface area contributed by atoms with Crippen LogP contribution >= 0.6 is 11.6 Å². The van der Waals surface area contributed by atoms with Crippen LogP contribution < -0.4 is 10.5 Å². The van der Waals surface area contributed by atoms with Crippen molar-refractivity contribution >= 4 is 17.4 Å². The molecule has 0 saturated carbocycles. The highest BCUT2D eigenvalue weighted by Gasteiger charge is 2.18. The second-order valence-electron chi connectivity index (χ2n) is 4.84. The van der Waals surface area contributed by atoms with Gasteiger partial charge in [-0.1, -0.05) is 23.7 Å². The maximum Gasteiger partial charge on any atom is 0.145 e. The van der Waals surface area contributed by atoms with Gasteiger partial charge in [-0.05, 0) is 36.4 Å². The second-order valence-corrected chi connectivity index (χ2v) is 5.27. The number of halogens is 1. The lowest BCUT2D eigenvalue weighted by atomic mass is 10.1. The van der Waals surface area contributed by atoms with E-state index >= 15 is 0 Å². The predicted octanol–water partition coefficient (Wildman–Crippen LogP) is 3.66. The normalized spacial score (nSPS) is 10.3. The maximum atomic E-state index is 9.43. The third kappa shape index (κ3) is 2.72. The van der Waals surface area contributed by atoms with E-state index in [4.69, 9.17) is 22.1 Å². The number of aromatic nitrogens is 2. The molecular weight excluding hydrogens is 312 g/mol. The summed E-state index contributed by atoms with van der Waals surface area (Å²) in [7, 11) is 1.60. The Kier molecular flexibility index (Phi) is 3.92. The van der Waals surface area contributed by atoms with Crippen molar-refractivity contribution in [3.05, 3.63) is 59.1 Å². The summed E-state index contributed by atoms with van der Waals surface area (Å²) in [5.74, 6) is 1.03. The van der Waals surface area contributed by atoms with Crippen LogP contribution in [0.1, 0.15) is 5.56 Å². The molecule has 6 heteroatoms. The molecule has 0 spiro atoms. The number of nitrogen functional groups attached to an aromatic ring is 1. The molecule has 0 aliphatic carbocycles. The zero-order valence-corrected chi connectivity index (χ0v) is 13.1. The van der Waals surface area contributed by atoms with Gasteiger partial charge in [-0.2, -0.15) is 10.4 Å². The first-order valence-corrected chi connectivity index (χ1v) is 7.21. The molecule has 0 unspecified atom stereocenters. The van der Waals surface area contributed by atoms with Crippen molar-refractivity contribution in [1.82, 2.24) is 9.78 Å². The number of methoxy groups -OCH3 is 1. The first-order valence-electron chi connectivity index (χ1n) is 6.83. The van der Waals surface area contributed by atoms with E-state index in [0.717, 1.165) is 17.0 Å². The zero-order valence-electron chi connectivity index (χ0n) is 12.3. The molecule has 0 bridgehead atoms. The summed E-state index contributed by atoms with van der Waals surface area (Å²) in [6.07, 6.45) is 0. The molecule has 0 radical (unpaired) electrons. The molecule has 0 fully saturated rings. The predicted molar refractivity (Wildman–Crippen MR) is 89.7 cm³/mol. The van der Waals surface area contributed by atoms with E-state index in [1.807, 2.05) is 36.4 Å². The summed E-state index contributed by atoms with van der Waals surface area (Å²) in [6, 6.07) is 16.5. The first-order chi connectivity index (χ1) is 11.1. The van der Waals surface area contributed by atoms with Gasteiger partial charge in [0.15, 0.2) is 0 Å². The molecule has 114 valence electrons. The van der Waals surface area contributed by atoms with Gasteiger partial charge >= 0.3 is 0 Å². The van der Waals surface area contributed by atoms with Gasteiger partial charge in [0, 0.05) is 10.6 Å². The van der Waals surface area contributed by atoms with Crippen LogP contribution in [0.5, 0.6) is 5.75 Å². The minimum atomic E-state index is 0.294. The summed E-state index contributed by atoms with van der Waals surface area (Å²) < 4.78 is 6.68. The highest BCUT2D eigenvalue weighted by Crippen LogP contribution is 2.29. The maximum absolute atomic E-state index is 9.43. The van der Waals surface area contributed by atoms with E-state index in [1.54, 1.807) is 23.9 Å². The molecule has 0 amide bonds. The van der Waals surface area contributed by atoms with E-state index in [0.29, 0.717) is 22.1 Å². The molecular formula is C17H13ClN4O. The summed E-state index contributed by atoms with van der Waals surface area (Å²) in [5.41, 5.74) is 8.50. The lowest BCUT2D eigenvalue weighted by Gasteiger charge is -2.05. The number of nitrogens with two attached hydrogens (primary N) is 1. The van der Waals surface area contributed by atoms with Crippen LogP contribution in [0.25, 0.3) is 16.9 Å². The molecule has 1 aromatic heterocycles. The monoisotopic (exact) mass is 324 g/mol. The Balaban J connectivity index is 2.12. The topological polar surface area (TPSA) is 76.9 Å². The van der Waals surface area contributed by atoms with Gasteiger partial charge in [0.05, 0.1) is 12.8 Å². The minimum Gasteiger partial charge on any atom is -0.497 e. The van der Waals surface area contributed by atoms with Crippen molar-refractivity contribution in [2.45, 2.75) is 0 Å². The van der Waals surface area contributed by atoms with Gasteiger partial charge in [-0.25, -0.2) is 4.68 Å². The van der Waals surface area contributed by atoms with Crippen LogP contribution in [0.2, 0.25) is 5.02 Å². The van der Waals surface area contributed by atoms with Crippen molar-refractivity contribution in [2.24, 2.45) is 0 Å². The number of nitrogens with zero attached hydrogens (tertiary/aromatic N) is 3. The number of hydrogen-bond donors (Lipinski definition) is 1. The summed E-state index contributed by atoms with van der Waals surface area (Å²) in [6.45, 7) is 0. The lowest BCUT2D eigenvalue weighted by molar-refractivity contribution is 0.414. The van der Waals surface area contributed by atoms with E-state index < -0.39 is 0 Å². The third-order valence-corrected chi connectivity index (χ3v) is 3.72. The lowest BCUT2D eigenvalue weighted by Crippen LogP contribution is -2.02. The van der Waals surface area contributed by atoms with Crippen LogP contribution in [-0.4, -0.2) is 16.9 Å². The molecule has 0 saturated heterocycles. The average Bonchev–Trinajstić information content (AvgIpc) is 2.92. The number of nitriles is 1. The minimum absolute atomic E-state index is 0.294. The van der Waals surface area contributed by atoms with Crippen LogP contribution in [0, 0.1) is 11.3 Å². The number of rotatable bonds is 3. The quantitative estimate of drug-likeness (QED) is 0.797. The van der Waals surface area contributed by atoms with Gasteiger partial charge in [-0.3, -0.25) is 0 Å². The van der Waals surface area contributed by atoms with Crippen molar-refractivity contribution < 1.29 is 4.74 Å². The van der Waals surface area contributed by atoms with Gasteiger partial charge in [0.1, 0.15) is 28.9 Å². The molecule has 3 aromatic rings. The standard InChI is InChI=1S/C17H13ClN4O/c1-23-14-8-6-13(7-9-14)22-17(20)15(10-19)16(21-22)11-2-4-12(18)5-3-11/h2-9H,20H2,1H3. The number of ether oxygens (including phenoxy) is 1. The molecule has 3 rings (SSSR count). The molecule has 0 aliphatic rings.